The Morgan fingerprint density at radius 1 is 0.789 bits per heavy atom. The Labute approximate surface area is 116 Å². The lowest BCUT2D eigenvalue weighted by molar-refractivity contribution is -0.145. The average Bonchev–Trinajstić information content (AvgIpc) is 2.11. The van der Waals surface area contributed by atoms with Crippen LogP contribution in [0.3, 0.4) is 0 Å². The van der Waals surface area contributed by atoms with Gasteiger partial charge in [0, 0.05) is 11.6 Å². The number of ketones is 1. The summed E-state index contributed by atoms with van der Waals surface area (Å²) < 4.78 is 10.3. The number of carbonyl (C=O) groups excluding carboxylic acids is 3. The number of hydrogen-bond acceptors (Lipinski definition) is 5. The van der Waals surface area contributed by atoms with Crippen LogP contribution in [0.5, 0.6) is 0 Å². The van der Waals surface area contributed by atoms with Gasteiger partial charge in [0.2, 0.25) is 16.6 Å². The first-order valence-electron chi connectivity index (χ1n) is 6.01. The van der Waals surface area contributed by atoms with E-state index >= 15 is 0 Å². The van der Waals surface area contributed by atoms with E-state index < -0.39 is 34.4 Å². The van der Waals surface area contributed by atoms with Crippen LogP contribution in [0.4, 0.5) is 0 Å². The van der Waals surface area contributed by atoms with Crippen LogP contribution in [0.25, 0.3) is 0 Å². The Hall–Kier alpha value is -1.22. The predicted molar refractivity (Wildman–Crippen MR) is 77.6 cm³/mol. The van der Waals surface area contributed by atoms with Crippen molar-refractivity contribution in [2.24, 2.45) is 0 Å². The van der Waals surface area contributed by atoms with Gasteiger partial charge >= 0.3 is 11.9 Å². The van der Waals surface area contributed by atoms with Crippen molar-refractivity contribution >= 4 is 34.4 Å². The fourth-order valence-electron chi connectivity index (χ4n) is 1.00. The topological polar surface area (TPSA) is 69.7 Å². The summed E-state index contributed by atoms with van der Waals surface area (Å²) in [7, 11) is -4.12. The highest BCUT2D eigenvalue weighted by molar-refractivity contribution is 6.73. The van der Waals surface area contributed by atoms with Gasteiger partial charge in [0.25, 0.3) is 5.78 Å². The second-order valence-corrected chi connectivity index (χ2v) is 15.1. The predicted octanol–water partition coefficient (Wildman–Crippen LogP) is 2.26. The second kappa shape index (κ2) is 6.29. The molecule has 0 rings (SSSR count). The minimum Gasteiger partial charge on any atom is -0.517 e. The summed E-state index contributed by atoms with van der Waals surface area (Å²) in [6, 6.07) is 0. The summed E-state index contributed by atoms with van der Waals surface area (Å²) in [5, 5.41) is 0. The zero-order chi connectivity index (χ0) is 15.4. The first-order valence-corrected chi connectivity index (χ1v) is 12.8. The van der Waals surface area contributed by atoms with Gasteiger partial charge in [-0.2, -0.15) is 0 Å². The smallest absolute Gasteiger partial charge is 0.365 e. The molecule has 0 atom stereocenters. The van der Waals surface area contributed by atoms with Crippen LogP contribution in [0, 0.1) is 0 Å². The monoisotopic (exact) mass is 302 g/mol. The molecule has 0 aromatic carbocycles. The highest BCUT2D eigenvalue weighted by Gasteiger charge is 2.25. The molecule has 0 N–H and O–H groups in total. The first kappa shape index (κ1) is 17.8. The molecule has 108 valence electrons. The molecular formula is C12H22O5Si2. The zero-order valence-corrected chi connectivity index (χ0v) is 14.6. The van der Waals surface area contributed by atoms with E-state index in [-0.39, 0.29) is 5.57 Å². The van der Waals surface area contributed by atoms with E-state index in [9.17, 15) is 14.4 Å². The van der Waals surface area contributed by atoms with Crippen molar-refractivity contribution in [3.8, 4) is 0 Å². The lowest BCUT2D eigenvalue weighted by Gasteiger charge is -2.17. The Bertz CT molecular complexity index is 413. The number of carbonyl (C=O) groups is 3. The molecule has 0 aromatic rings. The molecule has 0 heterocycles. The fraction of sp³-hybridized carbons (Fsp3) is 0.583. The van der Waals surface area contributed by atoms with Crippen molar-refractivity contribution in [3.05, 3.63) is 11.6 Å². The fourth-order valence-corrected chi connectivity index (χ4v) is 2.38. The SMILES string of the molecule is C/C(=C\C(=O)C(=O)O[Si](C)(C)C)C(=O)O[Si](C)(C)C. The number of hydrogen-bond donors (Lipinski definition) is 0. The highest BCUT2D eigenvalue weighted by atomic mass is 28.4. The molecule has 0 aliphatic rings. The van der Waals surface area contributed by atoms with Gasteiger partial charge in [-0.1, -0.05) is 0 Å². The third-order valence-corrected chi connectivity index (χ3v) is 3.26. The van der Waals surface area contributed by atoms with Gasteiger partial charge in [0.1, 0.15) is 0 Å². The highest BCUT2D eigenvalue weighted by Crippen LogP contribution is 2.08. The number of rotatable bonds is 5. The van der Waals surface area contributed by atoms with E-state index in [1.165, 1.54) is 6.92 Å². The van der Waals surface area contributed by atoms with Gasteiger partial charge in [-0.25, -0.2) is 9.59 Å². The van der Waals surface area contributed by atoms with Crippen molar-refractivity contribution in [1.82, 2.24) is 0 Å². The molecule has 5 nitrogen and oxygen atoms in total. The van der Waals surface area contributed by atoms with Crippen LogP contribution in [-0.4, -0.2) is 34.4 Å². The lowest BCUT2D eigenvalue weighted by atomic mass is 10.2. The van der Waals surface area contributed by atoms with E-state index in [0.29, 0.717) is 0 Å². The quantitative estimate of drug-likeness (QED) is 0.442. The van der Waals surface area contributed by atoms with E-state index in [1.807, 2.05) is 19.6 Å². The van der Waals surface area contributed by atoms with Crippen LogP contribution in [0.2, 0.25) is 39.3 Å². The molecule has 0 aromatic heterocycles. The van der Waals surface area contributed by atoms with E-state index in [1.54, 1.807) is 19.6 Å². The van der Waals surface area contributed by atoms with Gasteiger partial charge in [-0.15, -0.1) is 0 Å². The average molecular weight is 302 g/mol. The summed E-state index contributed by atoms with van der Waals surface area (Å²) >= 11 is 0. The minimum atomic E-state index is -2.11. The van der Waals surface area contributed by atoms with Crippen molar-refractivity contribution < 1.29 is 23.2 Å². The maximum Gasteiger partial charge on any atom is 0.365 e. The third-order valence-electron chi connectivity index (χ3n) is 1.67. The van der Waals surface area contributed by atoms with Crippen molar-refractivity contribution in [1.29, 1.82) is 0 Å². The van der Waals surface area contributed by atoms with Crippen LogP contribution >= 0.6 is 0 Å². The molecule has 0 spiro atoms. The molecule has 0 unspecified atom stereocenters. The molecule has 0 saturated heterocycles. The Morgan fingerprint density at radius 2 is 1.16 bits per heavy atom. The van der Waals surface area contributed by atoms with Gasteiger partial charge in [0.15, 0.2) is 0 Å². The molecule has 19 heavy (non-hydrogen) atoms. The maximum atomic E-state index is 11.7. The Balaban J connectivity index is 4.73. The molecule has 0 aliphatic carbocycles. The molecule has 0 saturated carbocycles. The van der Waals surface area contributed by atoms with Crippen LogP contribution in [0.1, 0.15) is 6.92 Å². The van der Waals surface area contributed by atoms with E-state index in [0.717, 1.165) is 6.08 Å². The van der Waals surface area contributed by atoms with Gasteiger partial charge < -0.3 is 8.85 Å². The minimum absolute atomic E-state index is 0.111. The van der Waals surface area contributed by atoms with Crippen LogP contribution < -0.4 is 0 Å². The van der Waals surface area contributed by atoms with Gasteiger partial charge in [0.05, 0.1) is 0 Å². The molecule has 0 amide bonds. The molecule has 7 heteroatoms. The third kappa shape index (κ3) is 8.49. The van der Waals surface area contributed by atoms with E-state index in [4.69, 9.17) is 8.85 Å². The van der Waals surface area contributed by atoms with Gasteiger partial charge in [-0.05, 0) is 46.2 Å². The second-order valence-electron chi connectivity index (χ2n) is 6.20. The van der Waals surface area contributed by atoms with Crippen molar-refractivity contribution in [2.75, 3.05) is 0 Å². The van der Waals surface area contributed by atoms with E-state index in [2.05, 4.69) is 0 Å². The lowest BCUT2D eigenvalue weighted by Crippen LogP contribution is -2.33. The van der Waals surface area contributed by atoms with Crippen LogP contribution in [-0.2, 0) is 23.2 Å². The van der Waals surface area contributed by atoms with Crippen molar-refractivity contribution in [3.63, 3.8) is 0 Å². The van der Waals surface area contributed by atoms with Gasteiger partial charge in [-0.3, -0.25) is 4.79 Å². The van der Waals surface area contributed by atoms with Crippen molar-refractivity contribution in [2.45, 2.75) is 46.2 Å². The van der Waals surface area contributed by atoms with Crippen LogP contribution in [0.15, 0.2) is 11.6 Å². The zero-order valence-electron chi connectivity index (χ0n) is 12.6. The summed E-state index contributed by atoms with van der Waals surface area (Å²) in [6.45, 7) is 12.4. The molecule has 0 fully saturated rings. The first-order chi connectivity index (χ1) is 8.32. The maximum absolute atomic E-state index is 11.7. The summed E-state index contributed by atoms with van der Waals surface area (Å²) in [5.74, 6) is -2.31. The normalized spacial score (nSPS) is 12.9. The molecular weight excluding hydrogens is 280 g/mol. The Morgan fingerprint density at radius 3 is 1.53 bits per heavy atom. The summed E-state index contributed by atoms with van der Waals surface area (Å²) in [6.07, 6.45) is 0.977. The summed E-state index contributed by atoms with van der Waals surface area (Å²) in [4.78, 5) is 34.7. The Kier molecular flexibility index (Phi) is 5.89. The molecule has 0 aliphatic heterocycles. The molecule has 0 radical (unpaired) electrons. The summed E-state index contributed by atoms with van der Waals surface area (Å²) in [5.41, 5.74) is 0.111. The molecule has 0 bridgehead atoms. The largest absolute Gasteiger partial charge is 0.517 e. The standard InChI is InChI=1S/C12H22O5Si2/c1-9(11(14)16-18(2,3)4)8-10(13)12(15)17-19(5,6)7/h8H,1-7H3/b9-8+.